The molecule has 0 unspecified atom stereocenters. The fourth-order valence-corrected chi connectivity index (χ4v) is 2.26. The highest BCUT2D eigenvalue weighted by molar-refractivity contribution is 5.89. The van der Waals surface area contributed by atoms with Crippen LogP contribution in [0, 0.1) is 0 Å². The van der Waals surface area contributed by atoms with Crippen LogP contribution in [0.1, 0.15) is 12.7 Å². The van der Waals surface area contributed by atoms with Crippen molar-refractivity contribution in [3.63, 3.8) is 0 Å². The van der Waals surface area contributed by atoms with Crippen molar-refractivity contribution in [3.8, 4) is 5.75 Å². The second-order valence-electron chi connectivity index (χ2n) is 5.23. The number of hydrogen-bond donors (Lipinski definition) is 2. The topological polar surface area (TPSA) is 93.4 Å². The summed E-state index contributed by atoms with van der Waals surface area (Å²) in [6.07, 6.45) is -4.69. The van der Waals surface area contributed by atoms with Gasteiger partial charge in [0.05, 0.1) is 12.8 Å². The van der Waals surface area contributed by atoms with Crippen molar-refractivity contribution in [2.24, 2.45) is 0 Å². The minimum absolute atomic E-state index is 0.0400. The summed E-state index contributed by atoms with van der Waals surface area (Å²) in [6.45, 7) is 1.36. The molecule has 0 aliphatic rings. The maximum absolute atomic E-state index is 13.0. The Kier molecular flexibility index (Phi) is 4.36. The monoisotopic (exact) mass is 366 g/mol. The summed E-state index contributed by atoms with van der Waals surface area (Å²) in [5.74, 6) is -0.961. The fourth-order valence-electron chi connectivity index (χ4n) is 2.26. The molecule has 26 heavy (non-hydrogen) atoms. The van der Waals surface area contributed by atoms with Gasteiger partial charge in [-0.15, -0.1) is 15.3 Å². The third-order valence-corrected chi connectivity index (χ3v) is 3.30. The number of alkyl halides is 3. The van der Waals surface area contributed by atoms with Gasteiger partial charge in [-0.2, -0.15) is 17.7 Å². The van der Waals surface area contributed by atoms with E-state index in [1.807, 2.05) is 0 Å². The fraction of sp³-hybridized carbons (Fsp3) is 0.200. The first-order valence-electron chi connectivity index (χ1n) is 7.30. The van der Waals surface area contributed by atoms with Gasteiger partial charge in [-0.05, 0) is 30.3 Å². The van der Waals surface area contributed by atoms with Gasteiger partial charge in [0, 0.05) is 12.6 Å². The zero-order chi connectivity index (χ0) is 18.9. The van der Waals surface area contributed by atoms with Crippen molar-refractivity contribution in [2.45, 2.75) is 13.1 Å². The summed E-state index contributed by atoms with van der Waals surface area (Å²) in [5.41, 5.74) is 0.858. The Hall–Kier alpha value is -3.37. The van der Waals surface area contributed by atoms with Crippen molar-refractivity contribution < 1.29 is 22.7 Å². The smallest absolute Gasteiger partial charge is 0.453 e. The van der Waals surface area contributed by atoms with Crippen LogP contribution in [0.25, 0.3) is 5.65 Å². The van der Waals surface area contributed by atoms with Crippen LogP contribution in [-0.2, 0) is 11.0 Å². The van der Waals surface area contributed by atoms with Gasteiger partial charge in [0.15, 0.2) is 11.5 Å². The number of halogens is 3. The third kappa shape index (κ3) is 3.50. The molecule has 3 rings (SSSR count). The van der Waals surface area contributed by atoms with Crippen molar-refractivity contribution in [3.05, 3.63) is 36.2 Å². The van der Waals surface area contributed by atoms with Crippen molar-refractivity contribution in [2.75, 3.05) is 17.7 Å². The predicted octanol–water partition coefficient (Wildman–Crippen LogP) is 2.85. The lowest BCUT2D eigenvalue weighted by Crippen LogP contribution is -2.13. The standard InChI is InChI=1S/C15H13F3N6O2/c1-8(25)19-9-3-4-11(26-2)10(7-9)20-12-5-6-13-21-22-14(15(16,17)18)24(13)23-12/h3-7H,1-2H3,(H,19,25)(H,20,23). The molecule has 0 atom stereocenters. The molecule has 1 amide bonds. The minimum Gasteiger partial charge on any atom is -0.495 e. The molecule has 0 aliphatic carbocycles. The Morgan fingerprint density at radius 3 is 2.62 bits per heavy atom. The molecule has 1 aromatic carbocycles. The molecule has 11 heteroatoms. The minimum atomic E-state index is -4.69. The van der Waals surface area contributed by atoms with Gasteiger partial charge >= 0.3 is 6.18 Å². The molecular weight excluding hydrogens is 353 g/mol. The molecule has 8 nitrogen and oxygen atoms in total. The van der Waals surface area contributed by atoms with Crippen LogP contribution in [-0.4, -0.2) is 32.8 Å². The largest absolute Gasteiger partial charge is 0.495 e. The molecule has 2 aromatic heterocycles. The second kappa shape index (κ2) is 6.50. The predicted molar refractivity (Wildman–Crippen MR) is 86.4 cm³/mol. The lowest BCUT2D eigenvalue weighted by molar-refractivity contribution is -0.146. The normalized spacial score (nSPS) is 11.4. The summed E-state index contributed by atoms with van der Waals surface area (Å²) in [7, 11) is 1.44. The first-order chi connectivity index (χ1) is 12.3. The molecule has 0 aliphatic heterocycles. The van der Waals surface area contributed by atoms with E-state index in [2.05, 4.69) is 25.9 Å². The molecular formula is C15H13F3N6O2. The Morgan fingerprint density at radius 1 is 1.19 bits per heavy atom. The van der Waals surface area contributed by atoms with Gasteiger partial charge in [0.25, 0.3) is 5.82 Å². The number of carbonyl (C=O) groups is 1. The van der Waals surface area contributed by atoms with Gasteiger partial charge in [-0.1, -0.05) is 0 Å². The van der Waals surface area contributed by atoms with Gasteiger partial charge in [0.1, 0.15) is 5.75 Å². The Bertz CT molecular complexity index is 970. The molecule has 136 valence electrons. The Balaban J connectivity index is 1.99. The van der Waals surface area contributed by atoms with E-state index in [4.69, 9.17) is 4.74 Å². The lowest BCUT2D eigenvalue weighted by atomic mass is 10.2. The molecule has 0 fully saturated rings. The van der Waals surface area contributed by atoms with Crippen LogP contribution in [0.5, 0.6) is 5.75 Å². The van der Waals surface area contributed by atoms with Crippen LogP contribution in [0.15, 0.2) is 30.3 Å². The molecule has 2 heterocycles. The number of anilines is 3. The van der Waals surface area contributed by atoms with E-state index in [9.17, 15) is 18.0 Å². The molecule has 0 saturated heterocycles. The maximum Gasteiger partial charge on any atom is 0.453 e. The number of hydrogen-bond acceptors (Lipinski definition) is 6. The van der Waals surface area contributed by atoms with Crippen LogP contribution >= 0.6 is 0 Å². The first-order valence-corrected chi connectivity index (χ1v) is 7.30. The second-order valence-corrected chi connectivity index (χ2v) is 5.23. The van der Waals surface area contributed by atoms with E-state index in [0.29, 0.717) is 21.6 Å². The molecule has 0 radical (unpaired) electrons. The first kappa shape index (κ1) is 17.5. The number of amides is 1. The summed E-state index contributed by atoms with van der Waals surface area (Å²) >= 11 is 0. The van der Waals surface area contributed by atoms with Crippen molar-refractivity contribution in [1.29, 1.82) is 0 Å². The van der Waals surface area contributed by atoms with E-state index in [1.165, 1.54) is 26.2 Å². The highest BCUT2D eigenvalue weighted by Gasteiger charge is 2.37. The summed E-state index contributed by atoms with van der Waals surface area (Å²) in [4.78, 5) is 11.2. The number of benzene rings is 1. The zero-order valence-electron chi connectivity index (χ0n) is 13.6. The molecule has 0 saturated carbocycles. The van der Waals surface area contributed by atoms with E-state index < -0.39 is 12.0 Å². The number of ether oxygens (including phenoxy) is 1. The number of carbonyl (C=O) groups excluding carboxylic acids is 1. The molecule has 3 aromatic rings. The van der Waals surface area contributed by atoms with Crippen LogP contribution in [0.4, 0.5) is 30.4 Å². The highest BCUT2D eigenvalue weighted by Crippen LogP contribution is 2.31. The quantitative estimate of drug-likeness (QED) is 0.738. The Morgan fingerprint density at radius 2 is 1.96 bits per heavy atom. The number of rotatable bonds is 4. The van der Waals surface area contributed by atoms with Gasteiger partial charge in [-0.25, -0.2) is 0 Å². The summed E-state index contributed by atoms with van der Waals surface area (Å²) in [6, 6.07) is 7.61. The zero-order valence-corrected chi connectivity index (χ0v) is 13.6. The number of fused-ring (bicyclic) bond motifs is 1. The van der Waals surface area contributed by atoms with Gasteiger partial charge in [0.2, 0.25) is 5.91 Å². The maximum atomic E-state index is 13.0. The van der Waals surface area contributed by atoms with Gasteiger partial charge in [-0.3, -0.25) is 4.79 Å². The van der Waals surface area contributed by atoms with Crippen LogP contribution in [0.2, 0.25) is 0 Å². The van der Waals surface area contributed by atoms with Gasteiger partial charge < -0.3 is 15.4 Å². The number of nitrogens with zero attached hydrogens (tertiary/aromatic N) is 4. The van der Waals surface area contributed by atoms with Crippen molar-refractivity contribution in [1.82, 2.24) is 19.8 Å². The number of aromatic nitrogens is 4. The molecule has 0 bridgehead atoms. The number of nitrogens with one attached hydrogen (secondary N) is 2. The lowest BCUT2D eigenvalue weighted by Gasteiger charge is -2.13. The van der Waals surface area contributed by atoms with Crippen LogP contribution in [0.3, 0.4) is 0 Å². The number of methoxy groups -OCH3 is 1. The highest BCUT2D eigenvalue weighted by atomic mass is 19.4. The Labute approximate surface area is 145 Å². The molecule has 0 spiro atoms. The van der Waals surface area contributed by atoms with E-state index >= 15 is 0 Å². The van der Waals surface area contributed by atoms with E-state index in [-0.39, 0.29) is 17.4 Å². The van der Waals surface area contributed by atoms with E-state index in [1.54, 1.807) is 18.2 Å². The van der Waals surface area contributed by atoms with Crippen LogP contribution < -0.4 is 15.4 Å². The average Bonchev–Trinajstić information content (AvgIpc) is 2.98. The van der Waals surface area contributed by atoms with Crippen molar-refractivity contribution >= 4 is 28.7 Å². The van der Waals surface area contributed by atoms with E-state index in [0.717, 1.165) is 0 Å². The summed E-state index contributed by atoms with van der Waals surface area (Å²) < 4.78 is 44.7. The average molecular weight is 366 g/mol. The molecule has 2 N–H and O–H groups in total. The summed E-state index contributed by atoms with van der Waals surface area (Å²) in [5, 5.41) is 15.9. The third-order valence-electron chi connectivity index (χ3n) is 3.30. The SMILES string of the molecule is COc1ccc(NC(C)=O)cc1Nc1ccc2nnc(C(F)(F)F)n2n1.